The number of hydrogen-bond donors (Lipinski definition) is 0. The Morgan fingerprint density at radius 1 is 1.12 bits per heavy atom. The van der Waals surface area contributed by atoms with E-state index in [1.807, 2.05) is 4.90 Å². The number of likely N-dealkylation sites (tertiary alicyclic amines) is 1. The fraction of sp³-hybridized carbons (Fsp3) is 0.579. The predicted octanol–water partition coefficient (Wildman–Crippen LogP) is 2.72. The van der Waals surface area contributed by atoms with Gasteiger partial charge in [-0.2, -0.15) is 8.42 Å². The Hall–Kier alpha value is -1.89. The van der Waals surface area contributed by atoms with E-state index in [9.17, 15) is 13.2 Å². The van der Waals surface area contributed by atoms with Crippen molar-refractivity contribution in [2.45, 2.75) is 55.9 Å². The van der Waals surface area contributed by atoms with Crippen LogP contribution >= 0.6 is 0 Å². The summed E-state index contributed by atoms with van der Waals surface area (Å²) in [6.45, 7) is 1.09. The largest absolute Gasteiger partial charge is 0.464 e. The second-order valence-corrected chi connectivity index (χ2v) is 8.94. The Kier molecular flexibility index (Phi) is 4.73. The Morgan fingerprint density at radius 3 is 2.69 bits per heavy atom. The van der Waals surface area contributed by atoms with E-state index in [-0.39, 0.29) is 10.9 Å². The first-order valence-corrected chi connectivity index (χ1v) is 10.9. The number of hydrogen-bond acceptors (Lipinski definition) is 5. The fourth-order valence-electron chi connectivity index (χ4n) is 4.21. The van der Waals surface area contributed by atoms with Gasteiger partial charge in [0.25, 0.3) is 10.0 Å². The van der Waals surface area contributed by atoms with Gasteiger partial charge in [-0.1, -0.05) is 31.4 Å². The Balaban J connectivity index is 1.49. The van der Waals surface area contributed by atoms with Crippen molar-refractivity contribution in [3.63, 3.8) is 0 Å². The van der Waals surface area contributed by atoms with Gasteiger partial charge < -0.3 is 9.64 Å². The summed E-state index contributed by atoms with van der Waals surface area (Å²) in [4.78, 5) is 14.7. The standard InChI is InChI=1S/C19H24N2O4S/c22-19(25-13-14-7-2-1-3-8-14)16-10-6-12-21(16)18-15-9-4-5-11-17(15)26(23,24)20-18/h4-5,9,11,14,16H,1-3,6-8,10,12-13H2/t16-/m0/s1. The van der Waals surface area contributed by atoms with Crippen molar-refractivity contribution in [2.75, 3.05) is 13.2 Å². The third-order valence-corrected chi connectivity index (χ3v) is 6.92. The van der Waals surface area contributed by atoms with Crippen molar-refractivity contribution < 1.29 is 17.9 Å². The molecule has 4 rings (SSSR count). The van der Waals surface area contributed by atoms with Gasteiger partial charge in [-0.25, -0.2) is 4.79 Å². The summed E-state index contributed by atoms with van der Waals surface area (Å²) in [5, 5.41) is 0. The van der Waals surface area contributed by atoms with Gasteiger partial charge in [-0.15, -0.1) is 4.40 Å². The lowest BCUT2D eigenvalue weighted by atomic mass is 9.90. The van der Waals surface area contributed by atoms with Crippen LogP contribution in [0.15, 0.2) is 33.6 Å². The molecule has 26 heavy (non-hydrogen) atoms. The maximum atomic E-state index is 12.7. The van der Waals surface area contributed by atoms with E-state index in [0.717, 1.165) is 19.3 Å². The highest BCUT2D eigenvalue weighted by atomic mass is 32.2. The van der Waals surface area contributed by atoms with Crippen LogP contribution in [0.2, 0.25) is 0 Å². The number of nitrogens with zero attached hydrogens (tertiary/aromatic N) is 2. The molecule has 140 valence electrons. The highest BCUT2D eigenvalue weighted by Crippen LogP contribution is 2.31. The molecule has 2 aliphatic heterocycles. The smallest absolute Gasteiger partial charge is 0.328 e. The zero-order chi connectivity index (χ0) is 18.1. The minimum atomic E-state index is -3.68. The molecular weight excluding hydrogens is 352 g/mol. The van der Waals surface area contributed by atoms with Gasteiger partial charge in [0, 0.05) is 12.1 Å². The molecule has 1 saturated carbocycles. The highest BCUT2D eigenvalue weighted by molar-refractivity contribution is 7.90. The quantitative estimate of drug-likeness (QED) is 0.758. The van der Waals surface area contributed by atoms with Crippen LogP contribution in [0, 0.1) is 5.92 Å². The molecule has 0 aromatic heterocycles. The summed E-state index contributed by atoms with van der Waals surface area (Å²) in [7, 11) is -3.68. The summed E-state index contributed by atoms with van der Waals surface area (Å²) in [6, 6.07) is 6.35. The summed E-state index contributed by atoms with van der Waals surface area (Å²) < 4.78 is 34.2. The minimum Gasteiger partial charge on any atom is -0.464 e. The van der Waals surface area contributed by atoms with Crippen LogP contribution in [0.25, 0.3) is 0 Å². The van der Waals surface area contributed by atoms with Crippen molar-refractivity contribution in [1.29, 1.82) is 0 Å². The third kappa shape index (κ3) is 3.24. The van der Waals surface area contributed by atoms with Gasteiger partial charge in [-0.3, -0.25) is 0 Å². The molecule has 0 N–H and O–H groups in total. The summed E-state index contributed by atoms with van der Waals surface area (Å²) in [6.07, 6.45) is 7.44. The normalized spacial score (nSPS) is 25.0. The Labute approximate surface area is 154 Å². The highest BCUT2D eigenvalue weighted by Gasteiger charge is 2.40. The molecule has 2 fully saturated rings. The number of amidine groups is 1. The second kappa shape index (κ2) is 7.02. The second-order valence-electron chi connectivity index (χ2n) is 7.37. The van der Waals surface area contributed by atoms with Crippen LogP contribution in [0.1, 0.15) is 50.5 Å². The molecule has 1 saturated heterocycles. The first kappa shape index (κ1) is 17.5. The molecule has 2 heterocycles. The van der Waals surface area contributed by atoms with Crippen LogP contribution in [0.3, 0.4) is 0 Å². The Morgan fingerprint density at radius 2 is 1.88 bits per heavy atom. The number of benzene rings is 1. The van der Waals surface area contributed by atoms with Crippen LogP contribution in [-0.4, -0.2) is 44.3 Å². The van der Waals surface area contributed by atoms with E-state index >= 15 is 0 Å². The van der Waals surface area contributed by atoms with Gasteiger partial charge in [0.1, 0.15) is 10.9 Å². The summed E-state index contributed by atoms with van der Waals surface area (Å²) in [5.41, 5.74) is 0.583. The topological polar surface area (TPSA) is 76.0 Å². The lowest BCUT2D eigenvalue weighted by Crippen LogP contribution is -2.41. The predicted molar refractivity (Wildman–Crippen MR) is 97.4 cm³/mol. The van der Waals surface area contributed by atoms with Crippen LogP contribution in [-0.2, 0) is 19.6 Å². The molecule has 0 spiro atoms. The average molecular weight is 376 g/mol. The van der Waals surface area contributed by atoms with E-state index < -0.39 is 16.1 Å². The first-order valence-electron chi connectivity index (χ1n) is 9.44. The molecule has 1 aliphatic carbocycles. The molecule has 1 aromatic rings. The fourth-order valence-corrected chi connectivity index (χ4v) is 5.43. The monoisotopic (exact) mass is 376 g/mol. The van der Waals surface area contributed by atoms with Crippen molar-refractivity contribution in [1.82, 2.24) is 4.90 Å². The summed E-state index contributed by atoms with van der Waals surface area (Å²) in [5.74, 6) is 0.600. The van der Waals surface area contributed by atoms with Gasteiger partial charge in [0.05, 0.1) is 6.61 Å². The lowest BCUT2D eigenvalue weighted by molar-refractivity contribution is -0.149. The SMILES string of the molecule is O=C(OCC1CCCCC1)[C@@H]1CCCN1C1=NS(=O)(=O)c2ccccc21. The molecule has 0 unspecified atom stereocenters. The molecular formula is C19H24N2O4S. The number of sulfonamides is 1. The summed E-state index contributed by atoms with van der Waals surface area (Å²) >= 11 is 0. The van der Waals surface area contributed by atoms with E-state index in [4.69, 9.17) is 4.74 Å². The number of rotatable bonds is 3. The number of carbonyl (C=O) groups excluding carboxylic acids is 1. The average Bonchev–Trinajstić information content (AvgIpc) is 3.24. The van der Waals surface area contributed by atoms with Gasteiger partial charge in [0.2, 0.25) is 0 Å². The molecule has 0 radical (unpaired) electrons. The van der Waals surface area contributed by atoms with Gasteiger partial charge >= 0.3 is 5.97 Å². The van der Waals surface area contributed by atoms with Gasteiger partial charge in [0.15, 0.2) is 5.84 Å². The number of ether oxygens (including phenoxy) is 1. The maximum absolute atomic E-state index is 12.7. The van der Waals surface area contributed by atoms with Crippen molar-refractivity contribution in [3.05, 3.63) is 29.8 Å². The van der Waals surface area contributed by atoms with E-state index in [1.165, 1.54) is 19.3 Å². The maximum Gasteiger partial charge on any atom is 0.328 e. The number of fused-ring (bicyclic) bond motifs is 1. The van der Waals surface area contributed by atoms with E-state index in [2.05, 4.69) is 4.40 Å². The first-order chi connectivity index (χ1) is 12.6. The molecule has 1 aromatic carbocycles. The van der Waals surface area contributed by atoms with Gasteiger partial charge in [-0.05, 0) is 43.7 Å². The van der Waals surface area contributed by atoms with E-state index in [1.54, 1.807) is 24.3 Å². The number of esters is 1. The van der Waals surface area contributed by atoms with Crippen molar-refractivity contribution in [3.8, 4) is 0 Å². The third-order valence-electron chi connectivity index (χ3n) is 5.60. The lowest BCUT2D eigenvalue weighted by Gasteiger charge is -2.26. The molecule has 7 heteroatoms. The molecule has 6 nitrogen and oxygen atoms in total. The van der Waals surface area contributed by atoms with Crippen LogP contribution in [0.5, 0.6) is 0 Å². The van der Waals surface area contributed by atoms with Crippen molar-refractivity contribution >= 4 is 21.8 Å². The van der Waals surface area contributed by atoms with Crippen LogP contribution < -0.4 is 0 Å². The van der Waals surface area contributed by atoms with Crippen LogP contribution in [0.4, 0.5) is 0 Å². The zero-order valence-electron chi connectivity index (χ0n) is 14.8. The molecule has 1 atom stereocenters. The molecule has 0 amide bonds. The minimum absolute atomic E-state index is 0.219. The van der Waals surface area contributed by atoms with Crippen molar-refractivity contribution in [2.24, 2.45) is 10.3 Å². The molecule has 0 bridgehead atoms. The zero-order valence-corrected chi connectivity index (χ0v) is 15.6. The number of carbonyl (C=O) groups is 1. The Bertz CT molecular complexity index is 828. The van der Waals surface area contributed by atoms with E-state index in [0.29, 0.717) is 36.9 Å². The molecule has 3 aliphatic rings.